The molecule has 5 N–H and O–H groups in total. The normalized spacial score (nSPS) is 19.9. The lowest BCUT2D eigenvalue weighted by atomic mass is 9.92. The van der Waals surface area contributed by atoms with Crippen molar-refractivity contribution in [3.63, 3.8) is 0 Å². The Kier molecular flexibility index (Phi) is 15.8. The first-order valence-corrected chi connectivity index (χ1v) is 18.8. The maximum Gasteiger partial charge on any atom is 0.243 e. The highest BCUT2D eigenvalue weighted by molar-refractivity contribution is 6.01. The van der Waals surface area contributed by atoms with Crippen LogP contribution in [0.4, 0.5) is 0 Å². The highest BCUT2D eigenvalue weighted by Gasteiger charge is 2.49. The van der Waals surface area contributed by atoms with Gasteiger partial charge in [0.1, 0.15) is 29.4 Å². The largest absolute Gasteiger partial charge is 0.411 e. The predicted molar refractivity (Wildman–Crippen MR) is 202 cm³/mol. The summed E-state index contributed by atoms with van der Waals surface area (Å²) in [6.07, 6.45) is 1.85. The first-order chi connectivity index (χ1) is 25.4. The molecule has 0 aromatic heterocycles. The van der Waals surface area contributed by atoms with Gasteiger partial charge in [0.05, 0.1) is 32.4 Å². The molecule has 2 aromatic carbocycles. The van der Waals surface area contributed by atoms with Crippen molar-refractivity contribution in [2.24, 2.45) is 17.0 Å². The number of carbonyl (C=O) groups is 4. The smallest absolute Gasteiger partial charge is 0.243 e. The first kappa shape index (κ1) is 41.4. The molecular weight excluding hydrogens is 676 g/mol. The number of aryl methyl sites for hydroxylation is 1. The zero-order valence-corrected chi connectivity index (χ0v) is 31.8. The van der Waals surface area contributed by atoms with Gasteiger partial charge in [0.15, 0.2) is 0 Å². The predicted octanol–water partition coefficient (Wildman–Crippen LogP) is 2.84. The van der Waals surface area contributed by atoms with Gasteiger partial charge in [-0.2, -0.15) is 0 Å². The number of rotatable bonds is 20. The molecule has 13 heteroatoms. The lowest BCUT2D eigenvalue weighted by Crippen LogP contribution is -2.59. The average molecular weight is 735 g/mol. The van der Waals surface area contributed by atoms with Crippen molar-refractivity contribution in [3.05, 3.63) is 71.8 Å². The van der Waals surface area contributed by atoms with Crippen LogP contribution in [0.1, 0.15) is 65.0 Å². The van der Waals surface area contributed by atoms with Gasteiger partial charge in [-0.1, -0.05) is 93.5 Å². The van der Waals surface area contributed by atoms with Gasteiger partial charge in [-0.3, -0.25) is 24.1 Å². The standard InChI is InChI=1S/C40H58N6O7/c1-27(2)22-32(36(45-51)40(5)26-53-40)42-39(50)34(24-30-14-10-7-11-15-30)44-38(49)33(23-28(3)4)43-37(48)31(17-16-29-12-8-6-9-13-29)41-35(47)25-46-18-20-52-21-19-46/h6-15,27-28,31-34,51H,16-26H2,1-5H3,(H,41,47)(H,42,50)(H,43,48)(H,44,49)/b45-36-/t31-,32-,33-,34-,40+/m0/s1. The van der Waals surface area contributed by atoms with E-state index in [2.05, 4.69) is 26.4 Å². The van der Waals surface area contributed by atoms with Crippen LogP contribution >= 0.6 is 0 Å². The van der Waals surface area contributed by atoms with Crippen LogP contribution in [0.5, 0.6) is 0 Å². The molecule has 5 atom stereocenters. The molecule has 290 valence electrons. The van der Waals surface area contributed by atoms with Gasteiger partial charge in [-0.25, -0.2) is 0 Å². The van der Waals surface area contributed by atoms with E-state index < -0.39 is 47.5 Å². The zero-order valence-electron chi connectivity index (χ0n) is 31.8. The molecule has 2 fully saturated rings. The Morgan fingerprint density at radius 3 is 1.83 bits per heavy atom. The summed E-state index contributed by atoms with van der Waals surface area (Å²) in [6, 6.07) is 15.5. The number of morpholine rings is 1. The van der Waals surface area contributed by atoms with Gasteiger partial charge in [0.2, 0.25) is 23.6 Å². The van der Waals surface area contributed by atoms with E-state index in [0.717, 1.165) is 11.1 Å². The quantitative estimate of drug-likeness (QED) is 0.0598. The fourth-order valence-corrected chi connectivity index (χ4v) is 6.52. The van der Waals surface area contributed by atoms with Gasteiger partial charge in [0, 0.05) is 19.5 Å². The number of carbonyl (C=O) groups excluding carboxylic acids is 4. The summed E-state index contributed by atoms with van der Waals surface area (Å²) >= 11 is 0. The van der Waals surface area contributed by atoms with Crippen LogP contribution < -0.4 is 21.3 Å². The monoisotopic (exact) mass is 734 g/mol. The number of benzene rings is 2. The Labute approximate surface area is 313 Å². The van der Waals surface area contributed by atoms with Crippen LogP contribution in [0.2, 0.25) is 0 Å². The number of oxime groups is 1. The Balaban J connectivity index is 1.53. The summed E-state index contributed by atoms with van der Waals surface area (Å²) in [7, 11) is 0. The van der Waals surface area contributed by atoms with Crippen molar-refractivity contribution in [2.45, 2.75) is 96.5 Å². The van der Waals surface area contributed by atoms with Crippen molar-refractivity contribution < 1.29 is 33.9 Å². The fraction of sp³-hybridized carbons (Fsp3) is 0.575. The second kappa shape index (κ2) is 20.2. The van der Waals surface area contributed by atoms with Crippen LogP contribution in [0.15, 0.2) is 65.8 Å². The molecular formula is C40H58N6O7. The van der Waals surface area contributed by atoms with Crippen molar-refractivity contribution in [1.82, 2.24) is 26.2 Å². The van der Waals surface area contributed by atoms with E-state index in [0.29, 0.717) is 64.3 Å². The van der Waals surface area contributed by atoms with Crippen molar-refractivity contribution >= 4 is 29.3 Å². The van der Waals surface area contributed by atoms with Crippen LogP contribution in [0.25, 0.3) is 0 Å². The van der Waals surface area contributed by atoms with Crippen LogP contribution in [0, 0.1) is 11.8 Å². The van der Waals surface area contributed by atoms with Gasteiger partial charge >= 0.3 is 0 Å². The Hall–Kier alpha value is -4.33. The third-order valence-electron chi connectivity index (χ3n) is 9.52. The van der Waals surface area contributed by atoms with E-state index in [1.165, 1.54) is 0 Å². The maximum absolute atomic E-state index is 14.1. The highest BCUT2D eigenvalue weighted by atomic mass is 16.6. The number of nitrogens with zero attached hydrogens (tertiary/aromatic N) is 2. The second-order valence-electron chi connectivity index (χ2n) is 15.2. The summed E-state index contributed by atoms with van der Waals surface area (Å²) in [5, 5.41) is 25.3. The van der Waals surface area contributed by atoms with Crippen molar-refractivity contribution in [2.75, 3.05) is 39.5 Å². The molecule has 0 unspecified atom stereocenters. The van der Waals surface area contributed by atoms with Gasteiger partial charge in [-0.15, -0.1) is 0 Å². The first-order valence-electron chi connectivity index (χ1n) is 18.8. The maximum atomic E-state index is 14.1. The second-order valence-corrected chi connectivity index (χ2v) is 15.2. The van der Waals surface area contributed by atoms with Crippen LogP contribution in [-0.2, 0) is 41.5 Å². The van der Waals surface area contributed by atoms with Crippen molar-refractivity contribution in [3.8, 4) is 0 Å². The minimum Gasteiger partial charge on any atom is -0.411 e. The molecule has 2 heterocycles. The Morgan fingerprint density at radius 1 is 0.755 bits per heavy atom. The number of epoxide rings is 1. The lowest BCUT2D eigenvalue weighted by Gasteiger charge is -2.29. The number of ether oxygens (including phenoxy) is 2. The van der Waals surface area contributed by atoms with Crippen molar-refractivity contribution in [1.29, 1.82) is 0 Å². The SMILES string of the molecule is CC(C)C[C@H](NC(=O)[C@H](CCc1ccccc1)NC(=O)CN1CCOCC1)C(=O)N[C@@H](Cc1ccccc1)C(=O)N[C@@H](CC(C)C)/C(=N/O)[C@@]1(C)CO1. The number of nitrogens with one attached hydrogen (secondary N) is 4. The number of amides is 4. The van der Waals surface area contributed by atoms with Gasteiger partial charge in [0.25, 0.3) is 0 Å². The minimum atomic E-state index is -1.01. The van der Waals surface area contributed by atoms with Gasteiger partial charge < -0.3 is 35.9 Å². The zero-order chi connectivity index (χ0) is 38.4. The summed E-state index contributed by atoms with van der Waals surface area (Å²) in [5.74, 6) is -1.56. The third-order valence-corrected chi connectivity index (χ3v) is 9.52. The van der Waals surface area contributed by atoms with E-state index in [9.17, 15) is 24.4 Å². The number of hydrogen-bond acceptors (Lipinski definition) is 9. The van der Waals surface area contributed by atoms with E-state index >= 15 is 0 Å². The molecule has 53 heavy (non-hydrogen) atoms. The molecule has 4 rings (SSSR count). The molecule has 4 amide bonds. The molecule has 0 spiro atoms. The molecule has 2 aliphatic rings. The summed E-state index contributed by atoms with van der Waals surface area (Å²) in [6.45, 7) is 12.6. The van der Waals surface area contributed by atoms with Crippen LogP contribution in [0.3, 0.4) is 0 Å². The van der Waals surface area contributed by atoms with E-state index in [4.69, 9.17) is 9.47 Å². The summed E-state index contributed by atoms with van der Waals surface area (Å²) < 4.78 is 11.0. The van der Waals surface area contributed by atoms with Gasteiger partial charge in [-0.05, 0) is 55.6 Å². The molecule has 0 bridgehead atoms. The Morgan fingerprint density at radius 2 is 1.26 bits per heavy atom. The summed E-state index contributed by atoms with van der Waals surface area (Å²) in [5.41, 5.74) is 1.40. The molecule has 2 aromatic rings. The highest BCUT2D eigenvalue weighted by Crippen LogP contribution is 2.31. The summed E-state index contributed by atoms with van der Waals surface area (Å²) in [4.78, 5) is 57.4. The molecule has 13 nitrogen and oxygen atoms in total. The molecule has 0 aliphatic carbocycles. The van der Waals surface area contributed by atoms with Crippen LogP contribution in [-0.4, -0.2) is 109 Å². The number of hydrogen-bond donors (Lipinski definition) is 5. The van der Waals surface area contributed by atoms with E-state index in [1.807, 2.05) is 100 Å². The Bertz CT molecular complexity index is 1510. The third kappa shape index (κ3) is 13.5. The lowest BCUT2D eigenvalue weighted by molar-refractivity contribution is -0.134. The molecule has 0 radical (unpaired) electrons. The fourth-order valence-electron chi connectivity index (χ4n) is 6.52. The van der Waals surface area contributed by atoms with E-state index in [1.54, 1.807) is 0 Å². The average Bonchev–Trinajstić information content (AvgIpc) is 3.87. The molecule has 2 aliphatic heterocycles. The van der Waals surface area contributed by atoms with E-state index in [-0.39, 0.29) is 30.7 Å². The minimum absolute atomic E-state index is 0.0177. The molecule has 0 saturated carbocycles. The topological polar surface area (TPSA) is 174 Å². The molecule has 2 saturated heterocycles.